The molecule has 0 fully saturated rings. The largest absolute Gasteiger partial charge is 0.734 e. The van der Waals surface area contributed by atoms with Crippen molar-refractivity contribution in [3.8, 4) is 11.3 Å². The zero-order valence-corrected chi connectivity index (χ0v) is 22.4. The molecule has 3 aromatic rings. The molecular weight excluding hydrogens is 569 g/mol. The minimum absolute atomic E-state index is 0.509. The van der Waals surface area contributed by atoms with Crippen LogP contribution in [-0.4, -0.2) is 59.1 Å². The van der Waals surface area contributed by atoms with Crippen LogP contribution >= 0.6 is 23.8 Å². The monoisotopic (exact) mass is 593 g/mol. The minimum Gasteiger partial charge on any atom is -0.734 e. The van der Waals surface area contributed by atoms with Crippen LogP contribution in [0, 0.1) is 3.70 Å². The number of halogens is 2. The van der Waals surface area contributed by atoms with E-state index in [9.17, 15) is 0 Å². The third-order valence-corrected chi connectivity index (χ3v) is 6.60. The number of pyridine rings is 1. The van der Waals surface area contributed by atoms with Gasteiger partial charge in [-0.15, -0.1) is 0 Å². The lowest BCUT2D eigenvalue weighted by Gasteiger charge is -2.23. The molecule has 1 radical (unpaired) electrons. The number of rotatable bonds is 7. The summed E-state index contributed by atoms with van der Waals surface area (Å²) in [7, 11) is 6.24. The molecule has 3 heterocycles. The van der Waals surface area contributed by atoms with E-state index in [1.807, 2.05) is 36.5 Å². The number of hydrogen-bond acceptors (Lipinski definition) is 7. The number of benzene rings is 1. The third kappa shape index (κ3) is 5.89. The smallest absolute Gasteiger partial charge is 0.227 e. The Morgan fingerprint density at radius 2 is 1.97 bits per heavy atom. The summed E-state index contributed by atoms with van der Waals surface area (Å²) < 4.78 is 0.859. The predicted molar refractivity (Wildman–Crippen MR) is 135 cm³/mol. The summed E-state index contributed by atoms with van der Waals surface area (Å²) in [6.07, 6.45) is 3.48. The maximum absolute atomic E-state index is 6.20. The van der Waals surface area contributed by atoms with E-state index in [0.717, 1.165) is 57.2 Å². The van der Waals surface area contributed by atoms with Gasteiger partial charge in [0.05, 0.1) is 10.7 Å². The van der Waals surface area contributed by atoms with E-state index in [1.54, 1.807) is 0 Å². The van der Waals surface area contributed by atoms with Gasteiger partial charge in [-0.3, -0.25) is 4.98 Å². The Balaban J connectivity index is 1.56. The van der Waals surface area contributed by atoms with Gasteiger partial charge in [-0.2, -0.15) is 0 Å². The highest BCUT2D eigenvalue weighted by atomic mass is 127. The van der Waals surface area contributed by atoms with Crippen molar-refractivity contribution >= 4 is 51.9 Å². The van der Waals surface area contributed by atoms with Gasteiger partial charge in [0.2, 0.25) is 5.95 Å². The number of nitrogens with zero attached hydrogens (tertiary/aromatic N) is 5. The molecule has 0 bridgehead atoms. The summed E-state index contributed by atoms with van der Waals surface area (Å²) >= 11 is 13.9. The normalized spacial score (nSPS) is 12.6. The van der Waals surface area contributed by atoms with Crippen molar-refractivity contribution in [1.82, 2.24) is 19.9 Å². The number of nitrogens with one attached hydrogen (secondary N) is 2. The van der Waals surface area contributed by atoms with E-state index in [1.165, 1.54) is 0 Å². The summed E-state index contributed by atoms with van der Waals surface area (Å²) in [4.78, 5) is 19.2. The average Bonchev–Trinajstić information content (AvgIpc) is 2.89. The zero-order valence-electron chi connectivity index (χ0n) is 18.7. The van der Waals surface area contributed by atoms with Crippen LogP contribution < -0.4 is 38.1 Å². The van der Waals surface area contributed by atoms with Crippen LogP contribution in [0.2, 0.25) is 5.02 Å². The van der Waals surface area contributed by atoms with E-state index in [0.29, 0.717) is 22.4 Å². The summed E-state index contributed by atoms with van der Waals surface area (Å²) in [6, 6.07) is 9.72. The van der Waals surface area contributed by atoms with E-state index >= 15 is 0 Å². The number of fused-ring (bicyclic) bond motifs is 3. The lowest BCUT2D eigenvalue weighted by atomic mass is 10.1. The maximum atomic E-state index is 6.20. The van der Waals surface area contributed by atoms with E-state index in [4.69, 9.17) is 33.8 Å². The molecule has 10 heteroatoms. The van der Waals surface area contributed by atoms with Crippen molar-refractivity contribution in [2.75, 3.05) is 49.8 Å². The molecule has 2 aromatic heterocycles. The van der Waals surface area contributed by atoms with Crippen LogP contribution in [-0.2, 0) is 6.42 Å². The van der Waals surface area contributed by atoms with Gasteiger partial charge in [0.25, 0.3) is 0 Å². The number of aromatic nitrogens is 3. The Morgan fingerprint density at radius 1 is 1.15 bits per heavy atom. The van der Waals surface area contributed by atoms with Crippen LogP contribution in [0.25, 0.3) is 11.3 Å². The highest BCUT2D eigenvalue weighted by Crippen LogP contribution is 2.35. The first-order valence-electron chi connectivity index (χ1n) is 10.6. The van der Waals surface area contributed by atoms with Crippen molar-refractivity contribution in [1.29, 1.82) is 0 Å². The summed E-state index contributed by atoms with van der Waals surface area (Å²) in [5, 5.41) is 7.24. The fourth-order valence-electron chi connectivity index (χ4n) is 3.61. The Morgan fingerprint density at radius 3 is 2.73 bits per heavy atom. The standard InChI is InChI=1S/C23H25ClIN7S/c1-31(2)9-4-10-32(3)19-8-7-17(22(25)29-19)28-23-26-13-14-11-20(33)27-18-12-15(24)5-6-16(18)21(14)30-23/h5-8,12-13H,4,9-11H2,1-3H3,(H,27,33)(H,26,28,30)/q-1. The van der Waals surface area contributed by atoms with Crippen LogP contribution in [0.4, 0.5) is 23.1 Å². The van der Waals surface area contributed by atoms with E-state index < -0.39 is 0 Å². The maximum Gasteiger partial charge on any atom is 0.227 e. The molecule has 0 saturated heterocycles. The van der Waals surface area contributed by atoms with Gasteiger partial charge in [0.1, 0.15) is 5.82 Å². The van der Waals surface area contributed by atoms with Crippen molar-refractivity contribution in [2.45, 2.75) is 12.8 Å². The Kier molecular flexibility index (Phi) is 7.62. The molecule has 2 N–H and O–H groups in total. The topological polar surface area (TPSA) is 69.2 Å². The fraction of sp³-hybridized carbons (Fsp3) is 0.304. The third-order valence-electron chi connectivity index (χ3n) is 5.30. The quantitative estimate of drug-likeness (QED) is 0.242. The second kappa shape index (κ2) is 10.5. The molecule has 0 spiro atoms. The molecule has 33 heavy (non-hydrogen) atoms. The number of thiocarbonyl (C=S) groups is 1. The van der Waals surface area contributed by atoms with Gasteiger partial charge in [-0.05, 0) is 57.4 Å². The van der Waals surface area contributed by atoms with Crippen molar-refractivity contribution in [3.05, 3.63) is 50.8 Å². The molecule has 0 amide bonds. The molecule has 1 aliphatic rings. The van der Waals surface area contributed by atoms with Crippen LogP contribution in [0.5, 0.6) is 0 Å². The van der Waals surface area contributed by atoms with Gasteiger partial charge in [0.15, 0.2) is 0 Å². The lowest BCUT2D eigenvalue weighted by Crippen LogP contribution is -3.34. The van der Waals surface area contributed by atoms with Gasteiger partial charge in [-0.1, -0.05) is 27.5 Å². The SMILES string of the molecule is CN(C)CCCN(C)c1ccc(Nc2ncc3c(n2)-c2ccc(Cl)cc2NC(=S)C3)c([I-])n1. The van der Waals surface area contributed by atoms with Gasteiger partial charge in [-0.25, -0.2) is 9.97 Å². The van der Waals surface area contributed by atoms with Crippen LogP contribution in [0.1, 0.15) is 12.0 Å². The average molecular weight is 594 g/mol. The molecule has 0 atom stereocenters. The second-order valence-corrected chi connectivity index (χ2v) is 10.1. The number of anilines is 4. The summed E-state index contributed by atoms with van der Waals surface area (Å²) in [5.74, 6) is 1.45. The lowest BCUT2D eigenvalue weighted by molar-refractivity contribution is -0.335. The predicted octanol–water partition coefficient (Wildman–Crippen LogP) is 1.34. The number of hydrogen-bond donors (Lipinski definition) is 2. The van der Waals surface area contributed by atoms with Crippen LogP contribution in [0.3, 0.4) is 0 Å². The first-order chi connectivity index (χ1) is 15.8. The highest BCUT2D eigenvalue weighted by molar-refractivity contribution is 7.80. The fourth-order valence-corrected chi connectivity index (χ4v) is 4.61. The Bertz CT molecular complexity index is 1190. The zero-order chi connectivity index (χ0) is 23.5. The first-order valence-corrected chi connectivity index (χ1v) is 12.4. The van der Waals surface area contributed by atoms with Crippen molar-refractivity contribution in [2.24, 2.45) is 0 Å². The summed E-state index contributed by atoms with van der Waals surface area (Å²) in [6.45, 7) is 1.99. The molecular formula is C23H25ClIN7S-. The highest BCUT2D eigenvalue weighted by Gasteiger charge is 2.19. The summed E-state index contributed by atoms with van der Waals surface area (Å²) in [5.41, 5.74) is 4.48. The molecule has 7 nitrogen and oxygen atoms in total. The molecule has 0 unspecified atom stereocenters. The molecule has 0 saturated carbocycles. The van der Waals surface area contributed by atoms with Crippen LogP contribution in [0.15, 0.2) is 36.5 Å². The second-order valence-electron chi connectivity index (χ2n) is 8.19. The van der Waals surface area contributed by atoms with Crippen molar-refractivity contribution < 1.29 is 22.6 Å². The van der Waals surface area contributed by atoms with E-state index in [2.05, 4.69) is 69.2 Å². The first kappa shape index (κ1) is 24.1. The molecule has 1 aromatic carbocycles. The Hall–Kier alpha value is -2.08. The van der Waals surface area contributed by atoms with E-state index in [-0.39, 0.29) is 0 Å². The minimum atomic E-state index is 0.509. The molecule has 4 rings (SSSR count). The molecule has 1 aliphatic heterocycles. The molecule has 0 aliphatic carbocycles. The van der Waals surface area contributed by atoms with Crippen molar-refractivity contribution in [3.63, 3.8) is 0 Å². The van der Waals surface area contributed by atoms with Gasteiger partial charge >= 0.3 is 0 Å². The Labute approximate surface area is 218 Å². The molecule has 173 valence electrons. The van der Waals surface area contributed by atoms with Gasteiger partial charge < -0.3 is 43.0 Å². The van der Waals surface area contributed by atoms with Gasteiger partial charge in [0, 0.05) is 53.7 Å².